The average molecular weight is 442 g/mol. The van der Waals surface area contributed by atoms with Gasteiger partial charge in [-0.25, -0.2) is 0 Å². The fourth-order valence-corrected chi connectivity index (χ4v) is 3.31. The highest BCUT2D eigenvalue weighted by Crippen LogP contribution is 2.20. The Morgan fingerprint density at radius 2 is 1.09 bits per heavy atom. The maximum absolute atomic E-state index is 10.7. The molecule has 2 unspecified atom stereocenters. The molecular formula is C27H39NO4. The lowest BCUT2D eigenvalue weighted by molar-refractivity contribution is -0.142. The van der Waals surface area contributed by atoms with Gasteiger partial charge in [-0.2, -0.15) is 0 Å². The highest BCUT2D eigenvalue weighted by Gasteiger charge is 2.14. The first-order valence-electron chi connectivity index (χ1n) is 11.5. The number of hydrogen-bond acceptors (Lipinski definition) is 3. The van der Waals surface area contributed by atoms with E-state index in [1.807, 2.05) is 24.3 Å². The van der Waals surface area contributed by atoms with Gasteiger partial charge in [-0.15, -0.1) is 0 Å². The van der Waals surface area contributed by atoms with Crippen LogP contribution in [0.5, 0.6) is 0 Å². The van der Waals surface area contributed by atoms with Gasteiger partial charge >= 0.3 is 11.9 Å². The summed E-state index contributed by atoms with van der Waals surface area (Å²) >= 11 is 0. The predicted octanol–water partition coefficient (Wildman–Crippen LogP) is 5.93. The molecule has 0 aliphatic rings. The molecule has 2 atom stereocenters. The molecule has 0 saturated carbocycles. The van der Waals surface area contributed by atoms with Gasteiger partial charge in [0.25, 0.3) is 0 Å². The zero-order valence-electron chi connectivity index (χ0n) is 20.2. The smallest absolute Gasteiger partial charge is 0.317 e. The minimum absolute atomic E-state index is 0.278. The summed E-state index contributed by atoms with van der Waals surface area (Å²) in [5, 5.41) is 17.6. The molecule has 5 nitrogen and oxygen atoms in total. The van der Waals surface area contributed by atoms with Crippen LogP contribution < -0.4 is 0 Å². The van der Waals surface area contributed by atoms with Crippen LogP contribution in [0.1, 0.15) is 81.5 Å². The Bertz CT molecular complexity index is 799. The van der Waals surface area contributed by atoms with Crippen molar-refractivity contribution >= 4 is 11.9 Å². The normalized spacial score (nSPS) is 12.6. The van der Waals surface area contributed by atoms with Crippen LogP contribution >= 0.6 is 0 Å². The highest BCUT2D eigenvalue weighted by atomic mass is 16.4. The second-order valence-corrected chi connectivity index (χ2v) is 8.39. The maximum atomic E-state index is 10.7. The number of hydrogen-bond donors (Lipinski definition) is 2. The molecule has 0 aliphatic carbocycles. The Morgan fingerprint density at radius 3 is 1.41 bits per heavy atom. The second kappa shape index (κ2) is 14.4. The van der Waals surface area contributed by atoms with Crippen LogP contribution in [0.15, 0.2) is 48.5 Å². The van der Waals surface area contributed by atoms with Crippen molar-refractivity contribution in [1.29, 1.82) is 0 Å². The summed E-state index contributed by atoms with van der Waals surface area (Å²) in [4.78, 5) is 22.8. The van der Waals surface area contributed by atoms with Gasteiger partial charge in [0.15, 0.2) is 0 Å². The molecule has 0 fully saturated rings. The number of nitrogens with zero attached hydrogens (tertiary/aromatic N) is 1. The van der Waals surface area contributed by atoms with Crippen molar-refractivity contribution in [3.8, 4) is 0 Å². The van der Waals surface area contributed by atoms with E-state index in [4.69, 9.17) is 10.2 Å². The highest BCUT2D eigenvalue weighted by molar-refractivity contribution is 5.72. The number of aliphatic carboxylic acids is 2. The molecule has 176 valence electrons. The van der Waals surface area contributed by atoms with E-state index in [1.165, 1.54) is 28.0 Å². The molecule has 32 heavy (non-hydrogen) atoms. The van der Waals surface area contributed by atoms with E-state index in [0.29, 0.717) is 18.4 Å². The van der Waals surface area contributed by atoms with Crippen LogP contribution in [-0.4, -0.2) is 40.1 Å². The first kappa shape index (κ1) is 27.4. The summed E-state index contributed by atoms with van der Waals surface area (Å²) in [6.45, 7) is 10.7. The molecule has 0 bridgehead atoms. The van der Waals surface area contributed by atoms with E-state index in [1.54, 1.807) is 0 Å². The van der Waals surface area contributed by atoms with Crippen molar-refractivity contribution in [3.05, 3.63) is 70.8 Å². The zero-order valence-corrected chi connectivity index (χ0v) is 20.2. The third kappa shape index (κ3) is 10.1. The summed E-state index contributed by atoms with van der Waals surface area (Å²) in [7, 11) is 0. The zero-order chi connectivity index (χ0) is 24.1. The fourth-order valence-electron chi connectivity index (χ4n) is 3.31. The van der Waals surface area contributed by atoms with Crippen LogP contribution in [0, 0.1) is 0 Å². The van der Waals surface area contributed by atoms with Crippen LogP contribution in [0.3, 0.4) is 0 Å². The van der Waals surface area contributed by atoms with E-state index in [2.05, 4.69) is 58.9 Å². The molecule has 2 aromatic carbocycles. The molecule has 2 aromatic rings. The Kier molecular flexibility index (Phi) is 12.3. The largest absolute Gasteiger partial charge is 0.480 e. The van der Waals surface area contributed by atoms with E-state index < -0.39 is 11.9 Å². The molecule has 5 heteroatoms. The first-order chi connectivity index (χ1) is 15.2. The molecule has 0 spiro atoms. The predicted molar refractivity (Wildman–Crippen MR) is 130 cm³/mol. The third-order valence-electron chi connectivity index (χ3n) is 5.85. The topological polar surface area (TPSA) is 77.8 Å². The van der Waals surface area contributed by atoms with Crippen LogP contribution in [-0.2, 0) is 22.6 Å². The SMILES string of the molecule is CCC(C)c1ccc(CN(CC(=O)O)CC(=O)O)cc1.CCc1ccc(C(C)CC)cc1. The van der Waals surface area contributed by atoms with Crippen LogP contribution in [0.4, 0.5) is 0 Å². The molecule has 2 N–H and O–H groups in total. The second-order valence-electron chi connectivity index (χ2n) is 8.39. The van der Waals surface area contributed by atoms with Crippen LogP contribution in [0.2, 0.25) is 0 Å². The quantitative estimate of drug-likeness (QED) is 0.452. The number of benzene rings is 2. The monoisotopic (exact) mass is 441 g/mol. The molecule has 0 radical (unpaired) electrons. The summed E-state index contributed by atoms with van der Waals surface area (Å²) < 4.78 is 0. The standard InChI is InChI=1S/C15H21NO4.C12H18/c1-3-11(2)13-6-4-12(5-7-13)8-16(9-14(17)18)10-15(19)20;1-4-10(3)12-8-6-11(5-2)7-9-12/h4-7,11H,3,8-10H2,1-2H3,(H,17,18)(H,19,20);6-10H,4-5H2,1-3H3. The number of carbonyl (C=O) groups is 2. The summed E-state index contributed by atoms with van der Waals surface area (Å²) in [6, 6.07) is 16.9. The molecule has 0 heterocycles. The van der Waals surface area contributed by atoms with Gasteiger partial charge < -0.3 is 10.2 Å². The summed E-state index contributed by atoms with van der Waals surface area (Å²) in [6.07, 6.45) is 3.43. The van der Waals surface area contributed by atoms with E-state index in [-0.39, 0.29) is 13.1 Å². The van der Waals surface area contributed by atoms with E-state index >= 15 is 0 Å². The van der Waals surface area contributed by atoms with Crippen molar-refractivity contribution in [2.45, 2.75) is 72.3 Å². The molecule has 0 amide bonds. The van der Waals surface area contributed by atoms with Crippen LogP contribution in [0.25, 0.3) is 0 Å². The molecular weight excluding hydrogens is 402 g/mol. The lowest BCUT2D eigenvalue weighted by Crippen LogP contribution is -2.33. The van der Waals surface area contributed by atoms with E-state index in [9.17, 15) is 9.59 Å². The Balaban J connectivity index is 0.000000363. The van der Waals surface area contributed by atoms with Gasteiger partial charge in [0.05, 0.1) is 13.1 Å². The van der Waals surface area contributed by atoms with Gasteiger partial charge in [0.2, 0.25) is 0 Å². The molecule has 0 aliphatic heterocycles. The minimum atomic E-state index is -1.03. The first-order valence-corrected chi connectivity index (χ1v) is 11.5. The Hall–Kier alpha value is -2.66. The van der Waals surface area contributed by atoms with E-state index in [0.717, 1.165) is 18.4 Å². The van der Waals surface area contributed by atoms with Crippen molar-refractivity contribution < 1.29 is 19.8 Å². The lowest BCUT2D eigenvalue weighted by Gasteiger charge is -2.18. The Morgan fingerprint density at radius 1 is 0.719 bits per heavy atom. The molecule has 0 aromatic heterocycles. The fraction of sp³-hybridized carbons (Fsp3) is 0.481. The summed E-state index contributed by atoms with van der Waals surface area (Å²) in [5.74, 6) is -0.862. The van der Waals surface area contributed by atoms with Crippen molar-refractivity contribution in [2.24, 2.45) is 0 Å². The van der Waals surface area contributed by atoms with Crippen molar-refractivity contribution in [2.75, 3.05) is 13.1 Å². The number of aryl methyl sites for hydroxylation is 1. The van der Waals surface area contributed by atoms with Gasteiger partial charge in [-0.1, -0.05) is 83.1 Å². The molecule has 0 saturated heterocycles. The van der Waals surface area contributed by atoms with Gasteiger partial charge in [-0.05, 0) is 53.4 Å². The number of rotatable bonds is 11. The lowest BCUT2D eigenvalue weighted by atomic mass is 9.97. The van der Waals surface area contributed by atoms with Crippen molar-refractivity contribution in [1.82, 2.24) is 4.90 Å². The number of carboxylic acids is 2. The minimum Gasteiger partial charge on any atom is -0.480 e. The van der Waals surface area contributed by atoms with Crippen molar-refractivity contribution in [3.63, 3.8) is 0 Å². The van der Waals surface area contributed by atoms with Gasteiger partial charge in [0.1, 0.15) is 0 Å². The van der Waals surface area contributed by atoms with Gasteiger partial charge in [0, 0.05) is 6.54 Å². The third-order valence-corrected chi connectivity index (χ3v) is 5.85. The average Bonchev–Trinajstić information content (AvgIpc) is 2.78. The number of carboxylic acid groups (broad SMARTS) is 2. The molecule has 2 rings (SSSR count). The van der Waals surface area contributed by atoms with Gasteiger partial charge in [-0.3, -0.25) is 14.5 Å². The summed E-state index contributed by atoms with van der Waals surface area (Å²) in [5.41, 5.74) is 5.05. The Labute approximate surface area is 193 Å². The maximum Gasteiger partial charge on any atom is 0.317 e.